The van der Waals surface area contributed by atoms with Gasteiger partial charge in [-0.25, -0.2) is 18.6 Å². The van der Waals surface area contributed by atoms with Crippen LogP contribution in [-0.4, -0.2) is 26.6 Å². The maximum Gasteiger partial charge on any atom is 0.255 e. The van der Waals surface area contributed by atoms with Crippen molar-refractivity contribution in [2.24, 2.45) is 5.10 Å². The second-order valence-electron chi connectivity index (χ2n) is 4.35. The lowest BCUT2D eigenvalue weighted by Crippen LogP contribution is -2.35. The van der Waals surface area contributed by atoms with Crippen LogP contribution in [0.4, 0.5) is 0 Å². The van der Waals surface area contributed by atoms with E-state index in [1.807, 2.05) is 0 Å². The average molecular weight is 321 g/mol. The third-order valence-corrected chi connectivity index (χ3v) is 4.12. The molecule has 0 radical (unpaired) electrons. The van der Waals surface area contributed by atoms with Gasteiger partial charge >= 0.3 is 0 Å². The number of carbonyl (C=O) groups excluding carboxylic acids is 1. The molecular weight excluding hydrogens is 306 g/mol. The molecule has 2 aromatic rings. The van der Waals surface area contributed by atoms with E-state index in [1.54, 1.807) is 37.3 Å². The van der Waals surface area contributed by atoms with Crippen LogP contribution in [0.5, 0.6) is 0 Å². The molecular formula is C14H15N3O4S. The van der Waals surface area contributed by atoms with Crippen molar-refractivity contribution in [3.05, 3.63) is 54.5 Å². The van der Waals surface area contributed by atoms with Crippen molar-refractivity contribution in [2.45, 2.75) is 11.8 Å². The Morgan fingerprint density at radius 2 is 1.91 bits per heavy atom. The van der Waals surface area contributed by atoms with E-state index >= 15 is 0 Å². The van der Waals surface area contributed by atoms with Gasteiger partial charge in [-0.15, -0.1) is 0 Å². The van der Waals surface area contributed by atoms with Crippen LogP contribution in [0.25, 0.3) is 0 Å². The highest BCUT2D eigenvalue weighted by atomic mass is 32.2. The SMILES string of the molecule is C/C(=N/NC(=O)CNS(=O)(=O)c1ccccc1)c1ccco1. The number of nitrogens with one attached hydrogen (secondary N) is 2. The van der Waals surface area contributed by atoms with Crippen molar-refractivity contribution in [1.29, 1.82) is 0 Å². The van der Waals surface area contributed by atoms with E-state index in [4.69, 9.17) is 4.42 Å². The van der Waals surface area contributed by atoms with Crippen LogP contribution in [-0.2, 0) is 14.8 Å². The first-order valence-electron chi connectivity index (χ1n) is 6.41. The fraction of sp³-hybridized carbons (Fsp3) is 0.143. The minimum Gasteiger partial charge on any atom is -0.463 e. The maximum atomic E-state index is 11.9. The lowest BCUT2D eigenvalue weighted by molar-refractivity contribution is -0.119. The molecule has 1 amide bonds. The molecule has 8 heteroatoms. The van der Waals surface area contributed by atoms with Crippen LogP contribution >= 0.6 is 0 Å². The molecule has 22 heavy (non-hydrogen) atoms. The first-order chi connectivity index (χ1) is 10.5. The molecule has 0 atom stereocenters. The zero-order valence-corrected chi connectivity index (χ0v) is 12.6. The van der Waals surface area contributed by atoms with Gasteiger partial charge in [0.05, 0.1) is 17.7 Å². The Morgan fingerprint density at radius 3 is 2.55 bits per heavy atom. The molecule has 0 saturated carbocycles. The standard InChI is InChI=1S/C14H15N3O4S/c1-11(13-8-5-9-21-13)16-17-14(18)10-15-22(19,20)12-6-3-2-4-7-12/h2-9,15H,10H2,1H3,(H,17,18)/b16-11-. The summed E-state index contributed by atoms with van der Waals surface area (Å²) in [6.45, 7) is 1.25. The van der Waals surface area contributed by atoms with E-state index in [9.17, 15) is 13.2 Å². The molecule has 7 nitrogen and oxygen atoms in total. The quantitative estimate of drug-likeness (QED) is 0.614. The highest BCUT2D eigenvalue weighted by Gasteiger charge is 2.14. The summed E-state index contributed by atoms with van der Waals surface area (Å²) in [7, 11) is -3.71. The molecule has 0 aliphatic heterocycles. The minimum absolute atomic E-state index is 0.0954. The predicted molar refractivity (Wildman–Crippen MR) is 80.7 cm³/mol. The monoisotopic (exact) mass is 321 g/mol. The maximum absolute atomic E-state index is 11.9. The van der Waals surface area contributed by atoms with Gasteiger partial charge in [-0.05, 0) is 31.2 Å². The van der Waals surface area contributed by atoms with Crippen LogP contribution in [0.15, 0.2) is 63.1 Å². The van der Waals surface area contributed by atoms with Gasteiger partial charge in [-0.2, -0.15) is 5.10 Å². The summed E-state index contributed by atoms with van der Waals surface area (Å²) in [5, 5.41) is 3.83. The van der Waals surface area contributed by atoms with Crippen molar-refractivity contribution in [3.63, 3.8) is 0 Å². The minimum atomic E-state index is -3.71. The molecule has 1 aromatic carbocycles. The van der Waals surface area contributed by atoms with Crippen LogP contribution in [0.1, 0.15) is 12.7 Å². The number of amides is 1. The van der Waals surface area contributed by atoms with Gasteiger partial charge in [0, 0.05) is 0 Å². The van der Waals surface area contributed by atoms with Gasteiger partial charge in [0.1, 0.15) is 11.5 Å². The Labute approximate surface area is 128 Å². The van der Waals surface area contributed by atoms with Gasteiger partial charge in [-0.1, -0.05) is 18.2 Å². The van der Waals surface area contributed by atoms with Crippen molar-refractivity contribution >= 4 is 21.6 Å². The first-order valence-corrected chi connectivity index (χ1v) is 7.89. The molecule has 0 aliphatic rings. The Balaban J connectivity index is 1.89. The molecule has 0 spiro atoms. The number of rotatable bonds is 6. The molecule has 1 heterocycles. The second-order valence-corrected chi connectivity index (χ2v) is 6.11. The molecule has 0 aliphatic carbocycles. The fourth-order valence-corrected chi connectivity index (χ4v) is 2.57. The van der Waals surface area contributed by atoms with Gasteiger partial charge in [0.15, 0.2) is 0 Å². The smallest absolute Gasteiger partial charge is 0.255 e. The van der Waals surface area contributed by atoms with Crippen molar-refractivity contribution in [2.75, 3.05) is 6.54 Å². The molecule has 0 bridgehead atoms. The largest absolute Gasteiger partial charge is 0.463 e. The fourth-order valence-electron chi connectivity index (χ4n) is 1.57. The Bertz CT molecular complexity index is 753. The number of nitrogens with zero attached hydrogens (tertiary/aromatic N) is 1. The Morgan fingerprint density at radius 1 is 1.18 bits per heavy atom. The van der Waals surface area contributed by atoms with Crippen LogP contribution in [0, 0.1) is 0 Å². The number of carbonyl (C=O) groups is 1. The van der Waals surface area contributed by atoms with Gasteiger partial charge in [-0.3, -0.25) is 4.79 Å². The normalized spacial score (nSPS) is 12.1. The summed E-state index contributed by atoms with van der Waals surface area (Å²) in [4.78, 5) is 11.7. The van der Waals surface area contributed by atoms with Crippen molar-refractivity contribution in [3.8, 4) is 0 Å². The van der Waals surface area contributed by atoms with E-state index in [2.05, 4.69) is 15.2 Å². The molecule has 116 valence electrons. The highest BCUT2D eigenvalue weighted by molar-refractivity contribution is 7.89. The van der Waals surface area contributed by atoms with Crippen LogP contribution in [0.2, 0.25) is 0 Å². The average Bonchev–Trinajstić information content (AvgIpc) is 3.06. The third-order valence-electron chi connectivity index (χ3n) is 2.70. The topological polar surface area (TPSA) is 101 Å². The number of hydrazone groups is 1. The summed E-state index contributed by atoms with van der Waals surface area (Å²) in [5.74, 6) is -0.0596. The van der Waals surface area contributed by atoms with E-state index in [-0.39, 0.29) is 4.90 Å². The lowest BCUT2D eigenvalue weighted by atomic mass is 10.3. The second kappa shape index (κ2) is 7.01. The Hall–Kier alpha value is -2.45. The molecule has 0 fully saturated rings. The van der Waals surface area contributed by atoms with Gasteiger partial charge in [0.25, 0.3) is 5.91 Å². The zero-order valence-electron chi connectivity index (χ0n) is 11.8. The zero-order chi connectivity index (χ0) is 16.0. The summed E-state index contributed by atoms with van der Waals surface area (Å²) < 4.78 is 31.1. The number of hydrogen-bond acceptors (Lipinski definition) is 5. The van der Waals surface area contributed by atoms with Gasteiger partial charge < -0.3 is 4.42 Å². The number of furan rings is 1. The lowest BCUT2D eigenvalue weighted by Gasteiger charge is -2.05. The van der Waals surface area contributed by atoms with Gasteiger partial charge in [0.2, 0.25) is 10.0 Å². The first kappa shape index (κ1) is 15.9. The third kappa shape index (κ3) is 4.27. The molecule has 2 N–H and O–H groups in total. The predicted octanol–water partition coefficient (Wildman–Crippen LogP) is 1.10. The van der Waals surface area contributed by atoms with E-state index in [1.165, 1.54) is 18.4 Å². The molecule has 2 rings (SSSR count). The molecule has 1 aromatic heterocycles. The van der Waals surface area contributed by atoms with Crippen molar-refractivity contribution in [1.82, 2.24) is 10.1 Å². The van der Waals surface area contributed by atoms with E-state index < -0.39 is 22.5 Å². The van der Waals surface area contributed by atoms with E-state index in [0.29, 0.717) is 11.5 Å². The number of hydrogen-bond donors (Lipinski definition) is 2. The van der Waals surface area contributed by atoms with Crippen LogP contribution < -0.4 is 10.1 Å². The van der Waals surface area contributed by atoms with Crippen molar-refractivity contribution < 1.29 is 17.6 Å². The highest BCUT2D eigenvalue weighted by Crippen LogP contribution is 2.06. The van der Waals surface area contributed by atoms with Crippen LogP contribution in [0.3, 0.4) is 0 Å². The Kier molecular flexibility index (Phi) is 5.08. The number of sulfonamides is 1. The summed E-state index contributed by atoms with van der Waals surface area (Å²) >= 11 is 0. The van der Waals surface area contributed by atoms with E-state index in [0.717, 1.165) is 0 Å². The summed E-state index contributed by atoms with van der Waals surface area (Å²) in [6, 6.07) is 11.2. The summed E-state index contributed by atoms with van der Waals surface area (Å²) in [5.41, 5.74) is 2.73. The molecule has 0 saturated heterocycles. The number of benzene rings is 1. The molecule has 0 unspecified atom stereocenters. The summed E-state index contributed by atoms with van der Waals surface area (Å²) in [6.07, 6.45) is 1.49.